The Balaban J connectivity index is 1.62. The Hall–Kier alpha value is -2.47. The van der Waals surface area contributed by atoms with Crippen molar-refractivity contribution < 1.29 is 28.3 Å². The first-order valence-electron chi connectivity index (χ1n) is 14.6. The lowest BCUT2D eigenvalue weighted by Crippen LogP contribution is -2.55. The zero-order chi connectivity index (χ0) is 30.5. The summed E-state index contributed by atoms with van der Waals surface area (Å²) in [6.45, 7) is 21.5. The van der Waals surface area contributed by atoms with E-state index in [9.17, 15) is 14.7 Å². The molecule has 3 atom stereocenters. The molecule has 1 heterocycles. The molecule has 1 N–H and O–H groups in total. The number of hydrogen-bond donors (Lipinski definition) is 1. The van der Waals surface area contributed by atoms with E-state index in [0.717, 1.165) is 22.3 Å². The van der Waals surface area contributed by atoms with Crippen LogP contribution < -0.4 is 0 Å². The maximum absolute atomic E-state index is 13.7. The van der Waals surface area contributed by atoms with Crippen LogP contribution in [-0.4, -0.2) is 70.1 Å². The van der Waals surface area contributed by atoms with Crippen molar-refractivity contribution in [2.75, 3.05) is 13.2 Å². The summed E-state index contributed by atoms with van der Waals surface area (Å²) in [4.78, 5) is 27.8. The summed E-state index contributed by atoms with van der Waals surface area (Å²) >= 11 is 0. The number of hydrogen-bond acceptors (Lipinski definition) is 5. The summed E-state index contributed by atoms with van der Waals surface area (Å²) in [7, 11) is -4.73. The highest BCUT2D eigenvalue weighted by molar-refractivity contribution is 6.74. The monoisotopic (exact) mass is 597 g/mol. The number of carbonyl (C=O) groups is 2. The van der Waals surface area contributed by atoms with E-state index in [-0.39, 0.29) is 29.1 Å². The number of benzene rings is 2. The summed E-state index contributed by atoms with van der Waals surface area (Å²) in [5.41, 5.74) is 4.49. The van der Waals surface area contributed by atoms with Gasteiger partial charge in [-0.2, -0.15) is 0 Å². The van der Waals surface area contributed by atoms with Crippen LogP contribution in [0.5, 0.6) is 0 Å². The number of rotatable bonds is 7. The maximum atomic E-state index is 13.7. The lowest BCUT2D eigenvalue weighted by Gasteiger charge is -2.43. The van der Waals surface area contributed by atoms with Gasteiger partial charge in [-0.3, -0.25) is 4.90 Å². The molecule has 0 saturated carbocycles. The standard InChI is InChI=1S/C32H47NO6Si2/c1-31(2,3)40(7,8)38-26-19-33(27(29(34)35)28(26)39-41(9,10)32(4,5)6)30(36)37-20-25-23-17-13-11-15-21(23)22-16-12-14-18-24(22)25/h11-18,25-28H,19-20H2,1-10H3,(H,34,35)/t26-,27-,28-/m1/s1. The summed E-state index contributed by atoms with van der Waals surface area (Å²) in [6.07, 6.45) is -2.00. The molecule has 0 spiro atoms. The molecule has 4 rings (SSSR count). The van der Waals surface area contributed by atoms with Crippen molar-refractivity contribution in [3.05, 3.63) is 59.7 Å². The lowest BCUT2D eigenvalue weighted by atomic mass is 9.98. The zero-order valence-corrected chi connectivity index (χ0v) is 28.3. The predicted molar refractivity (Wildman–Crippen MR) is 167 cm³/mol. The van der Waals surface area contributed by atoms with Crippen molar-refractivity contribution in [3.8, 4) is 11.1 Å². The number of carbonyl (C=O) groups excluding carboxylic acids is 1. The molecule has 224 valence electrons. The van der Waals surface area contributed by atoms with Crippen LogP contribution in [0.3, 0.4) is 0 Å². The largest absolute Gasteiger partial charge is 0.480 e. The lowest BCUT2D eigenvalue weighted by molar-refractivity contribution is -0.144. The van der Waals surface area contributed by atoms with Gasteiger partial charge in [0.25, 0.3) is 0 Å². The molecule has 1 aliphatic heterocycles. The van der Waals surface area contributed by atoms with Crippen molar-refractivity contribution in [2.24, 2.45) is 0 Å². The highest BCUT2D eigenvalue weighted by Crippen LogP contribution is 2.45. The highest BCUT2D eigenvalue weighted by Gasteiger charge is 2.55. The fourth-order valence-electron chi connectivity index (χ4n) is 5.25. The number of amides is 1. The van der Waals surface area contributed by atoms with Crippen molar-refractivity contribution in [1.82, 2.24) is 4.90 Å². The van der Waals surface area contributed by atoms with Gasteiger partial charge in [0, 0.05) is 5.92 Å². The van der Waals surface area contributed by atoms with Gasteiger partial charge in [0.2, 0.25) is 0 Å². The fourth-order valence-corrected chi connectivity index (χ4v) is 7.88. The van der Waals surface area contributed by atoms with E-state index in [4.69, 9.17) is 13.6 Å². The molecule has 2 aliphatic rings. The van der Waals surface area contributed by atoms with Crippen LogP contribution in [0.4, 0.5) is 4.79 Å². The molecule has 1 saturated heterocycles. The second-order valence-corrected chi connectivity index (χ2v) is 24.0. The molecular formula is C32H47NO6Si2. The van der Waals surface area contributed by atoms with E-state index in [2.05, 4.69) is 92.0 Å². The Bertz CT molecular complexity index is 1250. The Morgan fingerprint density at radius 1 is 0.829 bits per heavy atom. The smallest absolute Gasteiger partial charge is 0.410 e. The van der Waals surface area contributed by atoms with Gasteiger partial charge in [-0.15, -0.1) is 0 Å². The molecule has 0 aromatic heterocycles. The normalized spacial score (nSPS) is 21.5. The number of carboxylic acid groups (broad SMARTS) is 1. The number of carboxylic acids is 1. The van der Waals surface area contributed by atoms with E-state index in [1.807, 2.05) is 24.3 Å². The number of fused-ring (bicyclic) bond motifs is 3. The number of aliphatic carboxylic acids is 1. The molecule has 0 unspecified atom stereocenters. The second kappa shape index (κ2) is 11.0. The van der Waals surface area contributed by atoms with Gasteiger partial charge >= 0.3 is 12.1 Å². The number of nitrogens with zero attached hydrogens (tertiary/aromatic N) is 1. The Labute approximate surface area is 247 Å². The Morgan fingerprint density at radius 2 is 1.29 bits per heavy atom. The van der Waals surface area contributed by atoms with Gasteiger partial charge in [0.05, 0.1) is 12.6 Å². The topological polar surface area (TPSA) is 85.3 Å². The van der Waals surface area contributed by atoms with Gasteiger partial charge in [-0.05, 0) is 58.5 Å². The average molecular weight is 598 g/mol. The molecule has 0 radical (unpaired) electrons. The molecule has 0 bridgehead atoms. The molecule has 9 heteroatoms. The minimum absolute atomic E-state index is 0.0928. The van der Waals surface area contributed by atoms with Crippen LogP contribution in [0.2, 0.25) is 36.3 Å². The molecule has 1 fully saturated rings. The SMILES string of the molecule is CC(C)(C)[Si](C)(C)O[C@@H]1[C@H](O[Si](C)(C)C(C)(C)C)CN(C(=O)OCC2c3ccccc3-c3ccccc32)[C@H]1C(=O)O. The molecule has 1 aliphatic carbocycles. The van der Waals surface area contributed by atoms with Crippen LogP contribution in [0.15, 0.2) is 48.5 Å². The predicted octanol–water partition coefficient (Wildman–Crippen LogP) is 7.49. The molecule has 2 aromatic rings. The van der Waals surface area contributed by atoms with Gasteiger partial charge in [-0.1, -0.05) is 90.1 Å². The van der Waals surface area contributed by atoms with E-state index in [0.29, 0.717) is 0 Å². The van der Waals surface area contributed by atoms with E-state index in [1.54, 1.807) is 0 Å². The van der Waals surface area contributed by atoms with Gasteiger partial charge in [0.15, 0.2) is 22.7 Å². The second-order valence-electron chi connectivity index (χ2n) is 14.5. The van der Waals surface area contributed by atoms with E-state index < -0.39 is 46.9 Å². The van der Waals surface area contributed by atoms with E-state index >= 15 is 0 Å². The third kappa shape index (κ3) is 6.05. The van der Waals surface area contributed by atoms with Crippen LogP contribution in [0.1, 0.15) is 58.6 Å². The Kier molecular flexibility index (Phi) is 8.43. The number of ether oxygens (including phenoxy) is 1. The average Bonchev–Trinajstić information content (AvgIpc) is 3.36. The Morgan fingerprint density at radius 3 is 1.76 bits per heavy atom. The minimum atomic E-state index is -2.41. The van der Waals surface area contributed by atoms with Crippen molar-refractivity contribution in [3.63, 3.8) is 0 Å². The number of likely N-dealkylation sites (tertiary alicyclic amines) is 1. The van der Waals surface area contributed by atoms with Crippen LogP contribution >= 0.6 is 0 Å². The van der Waals surface area contributed by atoms with Gasteiger partial charge in [0.1, 0.15) is 12.7 Å². The minimum Gasteiger partial charge on any atom is -0.480 e. The molecule has 7 nitrogen and oxygen atoms in total. The molecule has 41 heavy (non-hydrogen) atoms. The third-order valence-corrected chi connectivity index (χ3v) is 18.7. The fraction of sp³-hybridized carbons (Fsp3) is 0.562. The van der Waals surface area contributed by atoms with Crippen LogP contribution in [0.25, 0.3) is 11.1 Å². The van der Waals surface area contributed by atoms with Crippen molar-refractivity contribution >= 4 is 28.7 Å². The van der Waals surface area contributed by atoms with Gasteiger partial charge in [-0.25, -0.2) is 9.59 Å². The summed E-state index contributed by atoms with van der Waals surface area (Å²) < 4.78 is 19.5. The van der Waals surface area contributed by atoms with Crippen LogP contribution in [0, 0.1) is 0 Å². The first-order chi connectivity index (χ1) is 18.9. The highest BCUT2D eigenvalue weighted by atomic mass is 28.4. The molecule has 1 amide bonds. The van der Waals surface area contributed by atoms with Gasteiger partial charge < -0.3 is 18.7 Å². The maximum Gasteiger partial charge on any atom is 0.410 e. The van der Waals surface area contributed by atoms with E-state index in [1.165, 1.54) is 4.90 Å². The van der Waals surface area contributed by atoms with Crippen molar-refractivity contribution in [1.29, 1.82) is 0 Å². The van der Waals surface area contributed by atoms with Crippen molar-refractivity contribution in [2.45, 2.75) is 102 Å². The summed E-state index contributed by atoms with van der Waals surface area (Å²) in [5.74, 6) is -1.22. The van der Waals surface area contributed by atoms with Crippen LogP contribution in [-0.2, 0) is 18.4 Å². The first kappa shape index (κ1) is 31.5. The first-order valence-corrected chi connectivity index (χ1v) is 20.4. The quantitative estimate of drug-likeness (QED) is 0.333. The molecular weight excluding hydrogens is 551 g/mol. The summed E-state index contributed by atoms with van der Waals surface area (Å²) in [6, 6.07) is 15.1. The summed E-state index contributed by atoms with van der Waals surface area (Å²) in [5, 5.41) is 10.2. The third-order valence-electron chi connectivity index (χ3n) is 9.70. The zero-order valence-electron chi connectivity index (χ0n) is 26.3. The molecule has 2 aromatic carbocycles.